The van der Waals surface area contributed by atoms with Crippen molar-refractivity contribution in [2.75, 3.05) is 18.1 Å². The van der Waals surface area contributed by atoms with Crippen molar-refractivity contribution in [1.82, 2.24) is 14.8 Å². The number of benzene rings is 1. The first kappa shape index (κ1) is 19.0. The Bertz CT molecular complexity index is 846. The maximum Gasteiger partial charge on any atom is 0.191 e. The van der Waals surface area contributed by atoms with Crippen LogP contribution in [0.15, 0.2) is 51.8 Å². The monoisotopic (exact) mass is 421 g/mol. The summed E-state index contributed by atoms with van der Waals surface area (Å²) in [5, 5.41) is 11.9. The zero-order valence-corrected chi connectivity index (χ0v) is 17.2. The fraction of sp³-hybridized carbons (Fsp3) is 0.368. The van der Waals surface area contributed by atoms with Gasteiger partial charge in [-0.1, -0.05) is 17.8 Å². The second-order valence-corrected chi connectivity index (χ2v) is 9.36. The fourth-order valence-electron chi connectivity index (χ4n) is 2.96. The molecule has 1 atom stereocenters. The number of hydrogen-bond donors (Lipinski definition) is 0. The third-order valence-corrected chi connectivity index (χ3v) is 7.37. The summed E-state index contributed by atoms with van der Waals surface area (Å²) in [6, 6.07) is 10.8. The van der Waals surface area contributed by atoms with Gasteiger partial charge in [-0.05, 0) is 48.6 Å². The standard InChI is InChI=1S/C19H20FN3OS3/c20-14-5-7-16(8-6-14)25-11-12-27-19-22-21-18(17-4-2-10-26-17)23(19)13-15-3-1-9-24-15/h2,4-8,10,15H,1,3,9,11-13H2. The minimum absolute atomic E-state index is 0.197. The first-order valence-electron chi connectivity index (χ1n) is 8.89. The van der Waals surface area contributed by atoms with Gasteiger partial charge in [0.15, 0.2) is 11.0 Å². The molecule has 4 rings (SSSR count). The fourth-order valence-corrected chi connectivity index (χ4v) is 5.51. The van der Waals surface area contributed by atoms with Gasteiger partial charge in [0.05, 0.1) is 17.5 Å². The van der Waals surface area contributed by atoms with Crippen LogP contribution in [0, 0.1) is 5.82 Å². The highest BCUT2D eigenvalue weighted by Gasteiger charge is 2.22. The Morgan fingerprint density at radius 2 is 2.00 bits per heavy atom. The van der Waals surface area contributed by atoms with E-state index in [4.69, 9.17) is 4.74 Å². The van der Waals surface area contributed by atoms with Crippen LogP contribution in [0.5, 0.6) is 0 Å². The predicted molar refractivity (Wildman–Crippen MR) is 110 cm³/mol. The average Bonchev–Trinajstić information content (AvgIpc) is 3.43. The number of nitrogens with zero attached hydrogens (tertiary/aromatic N) is 3. The van der Waals surface area contributed by atoms with E-state index in [0.29, 0.717) is 0 Å². The highest BCUT2D eigenvalue weighted by molar-refractivity contribution is 8.02. The molecule has 0 radical (unpaired) electrons. The summed E-state index contributed by atoms with van der Waals surface area (Å²) in [5.41, 5.74) is 0. The van der Waals surface area contributed by atoms with E-state index in [1.165, 1.54) is 12.1 Å². The van der Waals surface area contributed by atoms with Gasteiger partial charge in [-0.2, -0.15) is 0 Å². The molecule has 8 heteroatoms. The molecule has 1 fully saturated rings. The van der Waals surface area contributed by atoms with E-state index in [0.717, 1.165) is 58.3 Å². The normalized spacial score (nSPS) is 16.9. The van der Waals surface area contributed by atoms with Gasteiger partial charge >= 0.3 is 0 Å². The molecule has 0 spiro atoms. The number of ether oxygens (including phenoxy) is 1. The van der Waals surface area contributed by atoms with Crippen molar-refractivity contribution >= 4 is 34.9 Å². The largest absolute Gasteiger partial charge is 0.376 e. The minimum Gasteiger partial charge on any atom is -0.376 e. The van der Waals surface area contributed by atoms with Crippen molar-refractivity contribution in [3.05, 3.63) is 47.6 Å². The molecule has 0 saturated carbocycles. The Balaban J connectivity index is 1.41. The van der Waals surface area contributed by atoms with Crippen LogP contribution in [0.1, 0.15) is 12.8 Å². The van der Waals surface area contributed by atoms with E-state index in [2.05, 4.69) is 26.2 Å². The number of hydrogen-bond acceptors (Lipinski definition) is 6. The molecule has 0 bridgehead atoms. The molecule has 1 unspecified atom stereocenters. The molecular formula is C19H20FN3OS3. The maximum atomic E-state index is 13.0. The van der Waals surface area contributed by atoms with Gasteiger partial charge in [0.25, 0.3) is 0 Å². The molecule has 0 aliphatic carbocycles. The summed E-state index contributed by atoms with van der Waals surface area (Å²) in [7, 11) is 0. The van der Waals surface area contributed by atoms with Crippen LogP contribution < -0.4 is 0 Å². The molecule has 27 heavy (non-hydrogen) atoms. The molecule has 4 nitrogen and oxygen atoms in total. The highest BCUT2D eigenvalue weighted by atomic mass is 32.2. The van der Waals surface area contributed by atoms with Crippen LogP contribution >= 0.6 is 34.9 Å². The Morgan fingerprint density at radius 3 is 2.74 bits per heavy atom. The molecule has 1 aromatic carbocycles. The summed E-state index contributed by atoms with van der Waals surface area (Å²) >= 11 is 5.12. The number of thioether (sulfide) groups is 2. The lowest BCUT2D eigenvalue weighted by molar-refractivity contribution is 0.0953. The molecular weight excluding hydrogens is 401 g/mol. The number of thiophene rings is 1. The summed E-state index contributed by atoms with van der Waals surface area (Å²) in [5.74, 6) is 2.57. The average molecular weight is 422 g/mol. The topological polar surface area (TPSA) is 39.9 Å². The van der Waals surface area contributed by atoms with Crippen LogP contribution in [-0.4, -0.2) is 39.0 Å². The smallest absolute Gasteiger partial charge is 0.191 e. The summed E-state index contributed by atoms with van der Waals surface area (Å²) < 4.78 is 21.0. The summed E-state index contributed by atoms with van der Waals surface area (Å²) in [6.45, 7) is 1.64. The van der Waals surface area contributed by atoms with Crippen molar-refractivity contribution in [1.29, 1.82) is 0 Å². The van der Waals surface area contributed by atoms with Crippen LogP contribution in [0.3, 0.4) is 0 Å². The second-order valence-electron chi connectivity index (χ2n) is 6.18. The SMILES string of the molecule is Fc1ccc(SCCSc2nnc(-c3cccs3)n2CC2CCCO2)cc1. The molecule has 0 N–H and O–H groups in total. The highest BCUT2D eigenvalue weighted by Crippen LogP contribution is 2.30. The first-order valence-corrected chi connectivity index (χ1v) is 11.7. The minimum atomic E-state index is -0.197. The zero-order valence-electron chi connectivity index (χ0n) is 14.7. The van der Waals surface area contributed by atoms with Crippen molar-refractivity contribution < 1.29 is 9.13 Å². The lowest BCUT2D eigenvalue weighted by Crippen LogP contribution is -2.16. The molecule has 1 aliphatic rings. The third-order valence-electron chi connectivity index (χ3n) is 4.27. The third kappa shape index (κ3) is 4.93. The van der Waals surface area contributed by atoms with Crippen LogP contribution in [0.4, 0.5) is 4.39 Å². The summed E-state index contributed by atoms with van der Waals surface area (Å²) in [6.07, 6.45) is 2.46. The van der Waals surface area contributed by atoms with Crippen LogP contribution in [0.2, 0.25) is 0 Å². The number of rotatable bonds is 8. The van der Waals surface area contributed by atoms with Gasteiger partial charge in [0, 0.05) is 23.0 Å². The molecule has 1 saturated heterocycles. The predicted octanol–water partition coefficient (Wildman–Crippen LogP) is 5.21. The van der Waals surface area contributed by atoms with Gasteiger partial charge in [-0.3, -0.25) is 4.57 Å². The van der Waals surface area contributed by atoms with E-state index >= 15 is 0 Å². The van der Waals surface area contributed by atoms with Gasteiger partial charge < -0.3 is 4.74 Å². The van der Waals surface area contributed by atoms with Crippen molar-refractivity contribution in [3.63, 3.8) is 0 Å². The van der Waals surface area contributed by atoms with E-state index in [9.17, 15) is 4.39 Å². The van der Waals surface area contributed by atoms with E-state index in [-0.39, 0.29) is 11.9 Å². The van der Waals surface area contributed by atoms with Gasteiger partial charge in [0.1, 0.15) is 5.82 Å². The molecule has 2 aromatic heterocycles. The summed E-state index contributed by atoms with van der Waals surface area (Å²) in [4.78, 5) is 2.21. The second kappa shape index (κ2) is 9.23. The Kier molecular flexibility index (Phi) is 6.49. The van der Waals surface area contributed by atoms with Gasteiger partial charge in [-0.15, -0.1) is 33.3 Å². The Morgan fingerprint density at radius 1 is 1.15 bits per heavy atom. The quantitative estimate of drug-likeness (QED) is 0.369. The first-order chi connectivity index (χ1) is 13.3. The van der Waals surface area contributed by atoms with Crippen LogP contribution in [0.25, 0.3) is 10.7 Å². The van der Waals surface area contributed by atoms with Crippen LogP contribution in [-0.2, 0) is 11.3 Å². The van der Waals surface area contributed by atoms with Crippen molar-refractivity contribution in [3.8, 4) is 10.7 Å². The zero-order chi connectivity index (χ0) is 18.5. The number of halogens is 1. The molecule has 3 heterocycles. The van der Waals surface area contributed by atoms with E-state index < -0.39 is 0 Å². The Labute approximate surface area is 170 Å². The maximum absolute atomic E-state index is 13.0. The van der Waals surface area contributed by atoms with Gasteiger partial charge in [0.2, 0.25) is 0 Å². The van der Waals surface area contributed by atoms with Gasteiger partial charge in [-0.25, -0.2) is 4.39 Å². The molecule has 3 aromatic rings. The lowest BCUT2D eigenvalue weighted by atomic mass is 10.2. The molecule has 0 amide bonds. The molecule has 1 aliphatic heterocycles. The lowest BCUT2D eigenvalue weighted by Gasteiger charge is -2.14. The Hall–Kier alpha value is -1.35. The van der Waals surface area contributed by atoms with Crippen molar-refractivity contribution in [2.24, 2.45) is 0 Å². The van der Waals surface area contributed by atoms with Crippen molar-refractivity contribution in [2.45, 2.75) is 35.5 Å². The number of aromatic nitrogens is 3. The van der Waals surface area contributed by atoms with E-state index in [1.807, 2.05) is 18.2 Å². The van der Waals surface area contributed by atoms with E-state index in [1.54, 1.807) is 34.9 Å². The molecule has 142 valence electrons.